The third-order valence-electron chi connectivity index (χ3n) is 4.47. The molecule has 0 bridgehead atoms. The lowest BCUT2D eigenvalue weighted by atomic mass is 9.96. The first-order valence-electron chi connectivity index (χ1n) is 8.73. The van der Waals surface area contributed by atoms with Gasteiger partial charge in [0.25, 0.3) is 11.5 Å². The van der Waals surface area contributed by atoms with E-state index in [1.807, 2.05) is 0 Å². The Morgan fingerprint density at radius 1 is 1.31 bits per heavy atom. The molecule has 0 saturated heterocycles. The summed E-state index contributed by atoms with van der Waals surface area (Å²) in [5, 5.41) is 13.8. The highest BCUT2D eigenvalue weighted by atomic mass is 35.5. The molecule has 0 fully saturated rings. The maximum absolute atomic E-state index is 12.7. The van der Waals surface area contributed by atoms with Crippen molar-refractivity contribution in [3.05, 3.63) is 91.5 Å². The SMILES string of the molecule is Cc1ncc(-n2ccc(=O)[nH]c2=O)cc1C(=O)NCC(C)(O)c1ccccc1Cl. The molecule has 150 valence electrons. The number of hydrogen-bond acceptors (Lipinski definition) is 5. The number of H-pyrrole nitrogens is 1. The van der Waals surface area contributed by atoms with Crippen LogP contribution in [0, 0.1) is 6.92 Å². The second-order valence-corrected chi connectivity index (χ2v) is 7.15. The molecule has 3 N–H and O–H groups in total. The second-order valence-electron chi connectivity index (χ2n) is 6.74. The fourth-order valence-corrected chi connectivity index (χ4v) is 3.18. The standard InChI is InChI=1S/C20H19ClN4O4/c1-12-14(9-13(10-22-12)25-8-7-17(26)24-19(25)28)18(27)23-11-20(2,29)15-5-3-4-6-16(15)21/h3-10,29H,11H2,1-2H3,(H,23,27)(H,24,26,28). The van der Waals surface area contributed by atoms with Crippen LogP contribution in [0.1, 0.15) is 28.5 Å². The molecule has 1 atom stereocenters. The van der Waals surface area contributed by atoms with Gasteiger partial charge in [-0.2, -0.15) is 0 Å². The van der Waals surface area contributed by atoms with Crippen LogP contribution in [0.25, 0.3) is 5.69 Å². The Hall–Kier alpha value is -3.23. The van der Waals surface area contributed by atoms with Crippen LogP contribution in [-0.2, 0) is 5.60 Å². The Kier molecular flexibility index (Phi) is 5.67. The molecule has 1 amide bonds. The molecule has 1 aromatic carbocycles. The van der Waals surface area contributed by atoms with E-state index in [1.54, 1.807) is 38.1 Å². The summed E-state index contributed by atoms with van der Waals surface area (Å²) in [5.74, 6) is -0.471. The number of hydrogen-bond donors (Lipinski definition) is 3. The van der Waals surface area contributed by atoms with Gasteiger partial charge >= 0.3 is 5.69 Å². The predicted octanol–water partition coefficient (Wildman–Crippen LogP) is 1.52. The predicted molar refractivity (Wildman–Crippen MR) is 109 cm³/mol. The maximum atomic E-state index is 12.7. The van der Waals surface area contributed by atoms with Crippen molar-refractivity contribution >= 4 is 17.5 Å². The molecule has 8 nitrogen and oxygen atoms in total. The van der Waals surface area contributed by atoms with Gasteiger partial charge in [0, 0.05) is 22.8 Å². The maximum Gasteiger partial charge on any atom is 0.332 e. The van der Waals surface area contributed by atoms with Crippen LogP contribution in [0.15, 0.2) is 58.4 Å². The summed E-state index contributed by atoms with van der Waals surface area (Å²) in [5.41, 5.74) is -1.06. The van der Waals surface area contributed by atoms with Gasteiger partial charge in [-0.25, -0.2) is 4.79 Å². The van der Waals surface area contributed by atoms with Crippen molar-refractivity contribution in [3.63, 3.8) is 0 Å². The number of carbonyl (C=O) groups excluding carboxylic acids is 1. The van der Waals surface area contributed by atoms with Crippen LogP contribution >= 0.6 is 11.6 Å². The van der Waals surface area contributed by atoms with E-state index in [-0.39, 0.29) is 12.1 Å². The number of aromatic amines is 1. The Balaban J connectivity index is 1.85. The molecule has 0 spiro atoms. The number of aryl methyl sites for hydroxylation is 1. The summed E-state index contributed by atoms with van der Waals surface area (Å²) in [7, 11) is 0. The largest absolute Gasteiger partial charge is 0.384 e. The number of aliphatic hydroxyl groups is 1. The average Bonchev–Trinajstić information content (AvgIpc) is 2.67. The van der Waals surface area contributed by atoms with Crippen LogP contribution in [0.2, 0.25) is 5.02 Å². The summed E-state index contributed by atoms with van der Waals surface area (Å²) < 4.78 is 1.17. The zero-order valence-electron chi connectivity index (χ0n) is 15.8. The van der Waals surface area contributed by atoms with Crippen LogP contribution < -0.4 is 16.6 Å². The van der Waals surface area contributed by atoms with Gasteiger partial charge in [-0.3, -0.25) is 24.1 Å². The molecule has 0 radical (unpaired) electrons. The Morgan fingerprint density at radius 2 is 2.03 bits per heavy atom. The molecule has 2 heterocycles. The van der Waals surface area contributed by atoms with Crippen LogP contribution in [-0.4, -0.2) is 32.1 Å². The molecule has 9 heteroatoms. The summed E-state index contributed by atoms with van der Waals surface area (Å²) in [6, 6.07) is 9.53. The van der Waals surface area contributed by atoms with Crippen molar-refractivity contribution in [2.75, 3.05) is 6.54 Å². The second kappa shape index (κ2) is 8.02. The van der Waals surface area contributed by atoms with Gasteiger partial charge in [0.2, 0.25) is 0 Å². The van der Waals surface area contributed by atoms with E-state index < -0.39 is 22.8 Å². The van der Waals surface area contributed by atoms with E-state index in [0.717, 1.165) is 0 Å². The summed E-state index contributed by atoms with van der Waals surface area (Å²) >= 11 is 6.14. The third-order valence-corrected chi connectivity index (χ3v) is 4.80. The van der Waals surface area contributed by atoms with Crippen molar-refractivity contribution in [1.29, 1.82) is 0 Å². The molecule has 0 saturated carbocycles. The van der Waals surface area contributed by atoms with Crippen molar-refractivity contribution in [3.8, 4) is 5.69 Å². The molecule has 0 aliphatic carbocycles. The zero-order chi connectivity index (χ0) is 21.2. The van der Waals surface area contributed by atoms with Crippen LogP contribution in [0.5, 0.6) is 0 Å². The average molecular weight is 415 g/mol. The minimum Gasteiger partial charge on any atom is -0.384 e. The summed E-state index contributed by atoms with van der Waals surface area (Å²) in [4.78, 5) is 42.2. The number of amides is 1. The summed E-state index contributed by atoms with van der Waals surface area (Å²) in [6.45, 7) is 3.12. The molecule has 3 aromatic rings. The first-order chi connectivity index (χ1) is 13.7. The first-order valence-corrected chi connectivity index (χ1v) is 9.11. The van der Waals surface area contributed by atoms with Gasteiger partial charge in [-0.1, -0.05) is 29.8 Å². The zero-order valence-corrected chi connectivity index (χ0v) is 16.5. The number of benzene rings is 1. The van der Waals surface area contributed by atoms with E-state index in [1.165, 1.54) is 29.1 Å². The molecule has 0 aliphatic rings. The smallest absolute Gasteiger partial charge is 0.332 e. The monoisotopic (exact) mass is 414 g/mol. The Bertz CT molecular complexity index is 1180. The van der Waals surface area contributed by atoms with E-state index in [0.29, 0.717) is 22.0 Å². The number of nitrogens with zero attached hydrogens (tertiary/aromatic N) is 2. The Labute approximate surface area is 170 Å². The van der Waals surface area contributed by atoms with Gasteiger partial charge in [-0.15, -0.1) is 0 Å². The van der Waals surface area contributed by atoms with E-state index in [9.17, 15) is 19.5 Å². The normalized spacial score (nSPS) is 13.0. The van der Waals surface area contributed by atoms with Crippen molar-refractivity contribution in [2.24, 2.45) is 0 Å². The molecule has 2 aromatic heterocycles. The van der Waals surface area contributed by atoms with Gasteiger partial charge in [0.05, 0.1) is 29.7 Å². The highest BCUT2D eigenvalue weighted by Gasteiger charge is 2.26. The topological polar surface area (TPSA) is 117 Å². The van der Waals surface area contributed by atoms with Crippen LogP contribution in [0.4, 0.5) is 0 Å². The van der Waals surface area contributed by atoms with E-state index >= 15 is 0 Å². The lowest BCUT2D eigenvalue weighted by Crippen LogP contribution is -2.39. The fourth-order valence-electron chi connectivity index (χ4n) is 2.85. The quantitative estimate of drug-likeness (QED) is 0.585. The number of halogens is 1. The minimum atomic E-state index is -1.39. The number of aromatic nitrogens is 3. The molecule has 3 rings (SSSR count). The number of nitrogens with one attached hydrogen (secondary N) is 2. The molecule has 0 aliphatic heterocycles. The number of carbonyl (C=O) groups is 1. The van der Waals surface area contributed by atoms with Crippen molar-refractivity contribution < 1.29 is 9.90 Å². The highest BCUT2D eigenvalue weighted by Crippen LogP contribution is 2.27. The summed E-state index contributed by atoms with van der Waals surface area (Å²) in [6.07, 6.45) is 2.73. The van der Waals surface area contributed by atoms with E-state index in [4.69, 9.17) is 11.6 Å². The third kappa shape index (κ3) is 4.44. The molecular formula is C20H19ClN4O4. The number of rotatable bonds is 5. The van der Waals surface area contributed by atoms with Gasteiger partial charge in [0.1, 0.15) is 5.60 Å². The van der Waals surface area contributed by atoms with Crippen molar-refractivity contribution in [2.45, 2.75) is 19.4 Å². The lowest BCUT2D eigenvalue weighted by Gasteiger charge is -2.25. The highest BCUT2D eigenvalue weighted by molar-refractivity contribution is 6.31. The van der Waals surface area contributed by atoms with Crippen molar-refractivity contribution in [1.82, 2.24) is 19.9 Å². The van der Waals surface area contributed by atoms with E-state index in [2.05, 4.69) is 15.3 Å². The lowest BCUT2D eigenvalue weighted by molar-refractivity contribution is 0.0527. The van der Waals surface area contributed by atoms with Gasteiger partial charge in [-0.05, 0) is 26.0 Å². The molecule has 1 unspecified atom stereocenters. The first kappa shape index (κ1) is 20.5. The number of pyridine rings is 1. The Morgan fingerprint density at radius 3 is 2.72 bits per heavy atom. The van der Waals surface area contributed by atoms with Gasteiger partial charge < -0.3 is 10.4 Å². The minimum absolute atomic E-state index is 0.0855. The van der Waals surface area contributed by atoms with Crippen LogP contribution in [0.3, 0.4) is 0 Å². The molecule has 29 heavy (non-hydrogen) atoms. The molecular weight excluding hydrogens is 396 g/mol. The fraction of sp³-hybridized carbons (Fsp3) is 0.200. The van der Waals surface area contributed by atoms with Gasteiger partial charge in [0.15, 0.2) is 0 Å².